The number of nitrogens with zero attached hydrogens (tertiary/aromatic N) is 2. The number of nitrogens with one attached hydrogen (secondary N) is 2. The summed E-state index contributed by atoms with van der Waals surface area (Å²) < 4.78 is 5.43. The van der Waals surface area contributed by atoms with Crippen LogP contribution in [0.4, 0.5) is 5.69 Å². The summed E-state index contributed by atoms with van der Waals surface area (Å²) in [6, 6.07) is 3.54. The van der Waals surface area contributed by atoms with E-state index in [9.17, 15) is 4.79 Å². The number of amides is 1. The topological polar surface area (TPSA) is 80.0 Å². The molecule has 0 radical (unpaired) electrons. The first-order valence-corrected chi connectivity index (χ1v) is 7.14. The molecule has 0 saturated heterocycles. The first-order chi connectivity index (χ1) is 10.2. The zero-order valence-electron chi connectivity index (χ0n) is 12.3. The van der Waals surface area contributed by atoms with Gasteiger partial charge in [0.2, 0.25) is 5.89 Å². The maximum absolute atomic E-state index is 12.0. The molecule has 1 amide bonds. The summed E-state index contributed by atoms with van der Waals surface area (Å²) in [6.45, 7) is 5.23. The summed E-state index contributed by atoms with van der Waals surface area (Å²) in [5.41, 5.74) is 1.29. The molecule has 6 nitrogen and oxygen atoms in total. The molecule has 0 saturated carbocycles. The van der Waals surface area contributed by atoms with Gasteiger partial charge in [-0.3, -0.25) is 4.79 Å². The quantitative estimate of drug-likeness (QED) is 0.817. The highest BCUT2D eigenvalue weighted by atomic mass is 16.4. The number of hydrogen-bond acceptors (Lipinski definition) is 5. The Hall–Kier alpha value is -2.37. The standard InChI is InChI=1S/C15H20N4O2/c1-3-7-16-11-5-6-13(17-8-11)15(20)19-10-14-18-9-12(4-2)21-14/h5-6,8-9,16H,3-4,7,10H2,1-2H3,(H,19,20). The number of pyridine rings is 1. The van der Waals surface area contributed by atoms with Crippen molar-refractivity contribution in [2.24, 2.45) is 0 Å². The molecule has 6 heteroatoms. The van der Waals surface area contributed by atoms with Gasteiger partial charge in [0.05, 0.1) is 24.6 Å². The Bertz CT molecular complexity index is 578. The lowest BCUT2D eigenvalue weighted by molar-refractivity contribution is 0.0942. The van der Waals surface area contributed by atoms with Crippen LogP contribution in [0.1, 0.15) is 42.4 Å². The first kappa shape index (κ1) is 15.0. The van der Waals surface area contributed by atoms with Crippen molar-refractivity contribution in [3.05, 3.63) is 41.9 Å². The minimum Gasteiger partial charge on any atom is -0.444 e. The van der Waals surface area contributed by atoms with E-state index in [2.05, 4.69) is 27.5 Å². The third kappa shape index (κ3) is 4.30. The molecule has 2 heterocycles. The van der Waals surface area contributed by atoms with Crippen molar-refractivity contribution in [2.45, 2.75) is 33.2 Å². The van der Waals surface area contributed by atoms with Crippen LogP contribution < -0.4 is 10.6 Å². The van der Waals surface area contributed by atoms with Gasteiger partial charge in [-0.2, -0.15) is 0 Å². The second-order valence-electron chi connectivity index (χ2n) is 4.62. The molecule has 0 aliphatic carbocycles. The van der Waals surface area contributed by atoms with Gasteiger partial charge in [-0.15, -0.1) is 0 Å². The first-order valence-electron chi connectivity index (χ1n) is 7.14. The Kier molecular flexibility index (Phi) is 5.31. The smallest absolute Gasteiger partial charge is 0.270 e. The second kappa shape index (κ2) is 7.42. The van der Waals surface area contributed by atoms with Crippen LogP contribution in [-0.4, -0.2) is 22.4 Å². The predicted molar refractivity (Wildman–Crippen MR) is 80.1 cm³/mol. The van der Waals surface area contributed by atoms with Crippen molar-refractivity contribution in [2.75, 3.05) is 11.9 Å². The van der Waals surface area contributed by atoms with E-state index in [1.54, 1.807) is 18.5 Å². The molecule has 112 valence electrons. The molecule has 0 spiro atoms. The molecule has 2 rings (SSSR count). The highest BCUT2D eigenvalue weighted by Gasteiger charge is 2.09. The molecule has 0 atom stereocenters. The molecule has 0 aliphatic rings. The number of carbonyl (C=O) groups is 1. The number of aromatic nitrogens is 2. The molecule has 21 heavy (non-hydrogen) atoms. The van der Waals surface area contributed by atoms with Gasteiger partial charge in [-0.25, -0.2) is 9.97 Å². The highest BCUT2D eigenvalue weighted by Crippen LogP contribution is 2.07. The summed E-state index contributed by atoms with van der Waals surface area (Å²) in [6.07, 6.45) is 5.16. The average Bonchev–Trinajstić information content (AvgIpc) is 2.99. The van der Waals surface area contributed by atoms with Gasteiger partial charge >= 0.3 is 0 Å². The van der Waals surface area contributed by atoms with Crippen molar-refractivity contribution >= 4 is 11.6 Å². The SMILES string of the molecule is CCCNc1ccc(C(=O)NCc2ncc(CC)o2)nc1. The molecule has 0 bridgehead atoms. The number of hydrogen-bond donors (Lipinski definition) is 2. The van der Waals surface area contributed by atoms with Gasteiger partial charge in [0.25, 0.3) is 5.91 Å². The van der Waals surface area contributed by atoms with Crippen LogP contribution in [0.3, 0.4) is 0 Å². The van der Waals surface area contributed by atoms with Crippen LogP contribution >= 0.6 is 0 Å². The van der Waals surface area contributed by atoms with E-state index in [1.165, 1.54) is 0 Å². The fourth-order valence-electron chi connectivity index (χ4n) is 1.74. The van der Waals surface area contributed by atoms with E-state index in [-0.39, 0.29) is 12.5 Å². The summed E-state index contributed by atoms with van der Waals surface area (Å²) in [5.74, 6) is 1.07. The highest BCUT2D eigenvalue weighted by molar-refractivity contribution is 5.92. The second-order valence-corrected chi connectivity index (χ2v) is 4.62. The lowest BCUT2D eigenvalue weighted by Gasteiger charge is -2.05. The lowest BCUT2D eigenvalue weighted by atomic mass is 10.3. The van der Waals surface area contributed by atoms with E-state index in [4.69, 9.17) is 4.42 Å². The molecule has 2 N–H and O–H groups in total. The maximum Gasteiger partial charge on any atom is 0.270 e. The zero-order valence-corrected chi connectivity index (χ0v) is 12.3. The van der Waals surface area contributed by atoms with E-state index in [0.717, 1.165) is 30.8 Å². The van der Waals surface area contributed by atoms with Crippen LogP contribution in [-0.2, 0) is 13.0 Å². The Labute approximate surface area is 124 Å². The minimum absolute atomic E-state index is 0.242. The van der Waals surface area contributed by atoms with Crippen molar-refractivity contribution in [1.82, 2.24) is 15.3 Å². The maximum atomic E-state index is 12.0. The van der Waals surface area contributed by atoms with Crippen LogP contribution in [0, 0.1) is 0 Å². The predicted octanol–water partition coefficient (Wildman–Crippen LogP) is 2.38. The number of anilines is 1. The van der Waals surface area contributed by atoms with Gasteiger partial charge in [0, 0.05) is 13.0 Å². The molecule has 2 aromatic rings. The normalized spacial score (nSPS) is 10.4. The molecular weight excluding hydrogens is 268 g/mol. The van der Waals surface area contributed by atoms with Crippen LogP contribution in [0.15, 0.2) is 28.9 Å². The number of carbonyl (C=O) groups excluding carboxylic acids is 1. The fraction of sp³-hybridized carbons (Fsp3) is 0.400. The fourth-order valence-corrected chi connectivity index (χ4v) is 1.74. The molecule has 0 aliphatic heterocycles. The summed E-state index contributed by atoms with van der Waals surface area (Å²) >= 11 is 0. The van der Waals surface area contributed by atoms with Crippen LogP contribution in [0.5, 0.6) is 0 Å². The van der Waals surface area contributed by atoms with E-state index in [0.29, 0.717) is 11.6 Å². The average molecular weight is 288 g/mol. The van der Waals surface area contributed by atoms with Gasteiger partial charge in [-0.05, 0) is 18.6 Å². The van der Waals surface area contributed by atoms with Gasteiger partial charge < -0.3 is 15.1 Å². The van der Waals surface area contributed by atoms with Gasteiger partial charge in [-0.1, -0.05) is 13.8 Å². The molecule has 0 unspecified atom stereocenters. The Morgan fingerprint density at radius 1 is 1.24 bits per heavy atom. The van der Waals surface area contributed by atoms with E-state index in [1.807, 2.05) is 13.0 Å². The zero-order chi connectivity index (χ0) is 15.1. The largest absolute Gasteiger partial charge is 0.444 e. The molecule has 2 aromatic heterocycles. The molecular formula is C15H20N4O2. The number of aryl methyl sites for hydroxylation is 1. The third-order valence-electron chi connectivity index (χ3n) is 2.93. The Morgan fingerprint density at radius 3 is 2.71 bits per heavy atom. The number of rotatable bonds is 7. The van der Waals surface area contributed by atoms with Crippen molar-refractivity contribution in [3.63, 3.8) is 0 Å². The summed E-state index contributed by atoms with van der Waals surface area (Å²) in [5, 5.41) is 5.95. The van der Waals surface area contributed by atoms with Crippen LogP contribution in [0.2, 0.25) is 0 Å². The monoisotopic (exact) mass is 288 g/mol. The van der Waals surface area contributed by atoms with Crippen LogP contribution in [0.25, 0.3) is 0 Å². The van der Waals surface area contributed by atoms with E-state index >= 15 is 0 Å². The minimum atomic E-state index is -0.242. The summed E-state index contributed by atoms with van der Waals surface area (Å²) in [4.78, 5) is 20.2. The lowest BCUT2D eigenvalue weighted by Crippen LogP contribution is -2.23. The Morgan fingerprint density at radius 2 is 2.10 bits per heavy atom. The molecule has 0 aromatic carbocycles. The Balaban J connectivity index is 1.87. The van der Waals surface area contributed by atoms with E-state index < -0.39 is 0 Å². The van der Waals surface area contributed by atoms with Crippen molar-refractivity contribution in [1.29, 1.82) is 0 Å². The number of oxazole rings is 1. The van der Waals surface area contributed by atoms with Gasteiger partial charge in [0.1, 0.15) is 11.5 Å². The third-order valence-corrected chi connectivity index (χ3v) is 2.93. The van der Waals surface area contributed by atoms with Crippen molar-refractivity contribution < 1.29 is 9.21 Å². The summed E-state index contributed by atoms with van der Waals surface area (Å²) in [7, 11) is 0. The van der Waals surface area contributed by atoms with Crippen molar-refractivity contribution in [3.8, 4) is 0 Å². The molecule has 0 fully saturated rings. The van der Waals surface area contributed by atoms with Gasteiger partial charge in [0.15, 0.2) is 0 Å².